The van der Waals surface area contributed by atoms with Crippen LogP contribution in [0.4, 0.5) is 0 Å². The van der Waals surface area contributed by atoms with Gasteiger partial charge in [-0.1, -0.05) is 34.6 Å². The first-order chi connectivity index (χ1) is 10.5. The van der Waals surface area contributed by atoms with Crippen molar-refractivity contribution in [2.24, 2.45) is 28.1 Å². The van der Waals surface area contributed by atoms with Crippen molar-refractivity contribution in [2.45, 2.75) is 47.5 Å². The van der Waals surface area contributed by atoms with Gasteiger partial charge in [-0.15, -0.1) is 0 Å². The Bertz CT molecular complexity index is 675. The Labute approximate surface area is 141 Å². The summed E-state index contributed by atoms with van der Waals surface area (Å²) in [6, 6.07) is 0. The summed E-state index contributed by atoms with van der Waals surface area (Å²) in [5, 5.41) is 0. The van der Waals surface area contributed by atoms with Crippen LogP contribution in [0.25, 0.3) is 0 Å². The minimum absolute atomic E-state index is 0.0609. The van der Waals surface area contributed by atoms with Crippen molar-refractivity contribution in [1.29, 1.82) is 0 Å². The predicted octanol–water partition coefficient (Wildman–Crippen LogP) is 3.57. The molecule has 2 aliphatic rings. The van der Waals surface area contributed by atoms with Crippen molar-refractivity contribution >= 4 is 21.3 Å². The topological polar surface area (TPSA) is 141 Å². The molecule has 0 amide bonds. The van der Waals surface area contributed by atoms with Gasteiger partial charge in [0.2, 0.25) is 0 Å². The third-order valence-corrected chi connectivity index (χ3v) is 17.4. The lowest BCUT2D eigenvalue weighted by Gasteiger charge is -2.41. The van der Waals surface area contributed by atoms with Crippen molar-refractivity contribution in [2.75, 3.05) is 6.61 Å². The molecule has 8 nitrogen and oxygen atoms in total. The van der Waals surface area contributed by atoms with Gasteiger partial charge in [0.05, 0.1) is 6.61 Å². The largest absolute Gasteiger partial charge is 0.422 e. The van der Waals surface area contributed by atoms with Crippen LogP contribution in [0.5, 0.6) is 0 Å². The molecule has 0 aliphatic heterocycles. The first-order valence-electron chi connectivity index (χ1n) is 7.82. The molecule has 0 radical (unpaired) electrons. The third-order valence-electron chi connectivity index (χ3n) is 7.08. The standard InChI is InChI=1S/C13H27O8P3/c1-9-11(2,3)12(4,5)10(13(9)6-7-13)8-21-23(17,18)24(19,20)22(14,15)16/h9-10H,6-8H2,1-5H3,(H,17,18)(H,19,20)(H2,14,15,16)/t9-,10?/m0/s1. The molecule has 0 aromatic carbocycles. The molecule has 2 aliphatic carbocycles. The van der Waals surface area contributed by atoms with E-state index in [0.29, 0.717) is 5.92 Å². The summed E-state index contributed by atoms with van der Waals surface area (Å²) in [6.07, 6.45) is 1.89. The van der Waals surface area contributed by atoms with Gasteiger partial charge in [-0.3, -0.25) is 4.57 Å². The lowest BCUT2D eigenvalue weighted by Crippen LogP contribution is -2.35. The highest BCUT2D eigenvalue weighted by molar-refractivity contribution is 8.60. The lowest BCUT2D eigenvalue weighted by atomic mass is 9.65. The average molecular weight is 404 g/mol. The molecule has 0 bridgehead atoms. The lowest BCUT2D eigenvalue weighted by molar-refractivity contribution is 0.0553. The van der Waals surface area contributed by atoms with Gasteiger partial charge in [-0.2, -0.15) is 0 Å². The molecular weight excluding hydrogens is 377 g/mol. The fraction of sp³-hybridized carbons (Fsp3) is 1.00. The van der Waals surface area contributed by atoms with Crippen molar-refractivity contribution in [3.8, 4) is 0 Å². The Kier molecular flexibility index (Phi) is 4.76. The van der Waals surface area contributed by atoms with Crippen molar-refractivity contribution in [3.05, 3.63) is 0 Å². The highest BCUT2D eigenvalue weighted by Gasteiger charge is 2.70. The van der Waals surface area contributed by atoms with Crippen LogP contribution in [0.2, 0.25) is 0 Å². The first kappa shape index (κ1) is 20.8. The molecule has 4 atom stereocenters. The Morgan fingerprint density at radius 2 is 1.42 bits per heavy atom. The van der Waals surface area contributed by atoms with Gasteiger partial charge in [-0.25, -0.2) is 9.13 Å². The van der Waals surface area contributed by atoms with Crippen LogP contribution >= 0.6 is 21.3 Å². The van der Waals surface area contributed by atoms with E-state index in [9.17, 15) is 23.5 Å². The highest BCUT2D eigenvalue weighted by Crippen LogP contribution is 2.94. The number of hydrogen-bond acceptors (Lipinski definition) is 4. The first-order valence-corrected chi connectivity index (χ1v) is 14.1. The molecule has 4 N–H and O–H groups in total. The van der Waals surface area contributed by atoms with Gasteiger partial charge in [0.15, 0.2) is 0 Å². The molecular formula is C13H27O8P3. The van der Waals surface area contributed by atoms with Gasteiger partial charge in [-0.05, 0) is 40.9 Å². The molecule has 11 heteroatoms. The van der Waals surface area contributed by atoms with E-state index in [1.165, 1.54) is 0 Å². The van der Waals surface area contributed by atoms with Gasteiger partial charge in [0.25, 0.3) is 0 Å². The second-order valence-corrected chi connectivity index (χ2v) is 18.8. The molecule has 1 spiro atoms. The van der Waals surface area contributed by atoms with Crippen molar-refractivity contribution < 1.29 is 37.8 Å². The zero-order valence-corrected chi connectivity index (χ0v) is 17.2. The molecule has 142 valence electrons. The monoisotopic (exact) mass is 404 g/mol. The average Bonchev–Trinajstić information content (AvgIpc) is 3.14. The predicted molar refractivity (Wildman–Crippen MR) is 89.5 cm³/mol. The minimum Gasteiger partial charge on any atom is -0.328 e. The second-order valence-electron chi connectivity index (χ2n) is 8.26. The van der Waals surface area contributed by atoms with Gasteiger partial charge >= 0.3 is 21.3 Å². The third kappa shape index (κ3) is 2.66. The van der Waals surface area contributed by atoms with Crippen LogP contribution < -0.4 is 0 Å². The van der Waals surface area contributed by atoms with Gasteiger partial charge in [0.1, 0.15) is 0 Å². The highest BCUT2D eigenvalue weighted by atomic mass is 32.5. The van der Waals surface area contributed by atoms with E-state index in [4.69, 9.17) is 14.3 Å². The molecule has 24 heavy (non-hydrogen) atoms. The zero-order chi connectivity index (χ0) is 19.0. The number of hydrogen-bond donors (Lipinski definition) is 4. The maximum absolute atomic E-state index is 12.1. The molecule has 0 saturated heterocycles. The van der Waals surface area contributed by atoms with E-state index < -0.39 is 21.3 Å². The van der Waals surface area contributed by atoms with Crippen LogP contribution in [0, 0.1) is 28.1 Å². The Hall–Kier alpha value is 0.490. The SMILES string of the molecule is C[C@@H]1C2(CC2)C(COP(=O)(O)P(=O)(O)P(=O)(O)O)C(C)(C)C1(C)C. The minimum atomic E-state index is -5.69. The Morgan fingerprint density at radius 3 is 1.79 bits per heavy atom. The molecule has 2 rings (SSSR count). The quantitative estimate of drug-likeness (QED) is 0.510. The maximum Gasteiger partial charge on any atom is 0.422 e. The van der Waals surface area contributed by atoms with Crippen molar-refractivity contribution in [3.63, 3.8) is 0 Å². The molecule has 3 unspecified atom stereocenters. The Morgan fingerprint density at radius 1 is 0.958 bits per heavy atom. The zero-order valence-electron chi connectivity index (χ0n) is 14.5. The fourth-order valence-corrected chi connectivity index (χ4v) is 9.88. The molecule has 0 aromatic heterocycles. The van der Waals surface area contributed by atoms with Crippen LogP contribution in [0.3, 0.4) is 0 Å². The summed E-state index contributed by atoms with van der Waals surface area (Å²) in [6.45, 7) is 4.50. The smallest absolute Gasteiger partial charge is 0.328 e. The fourth-order valence-electron chi connectivity index (χ4n) is 4.44. The normalized spacial score (nSPS) is 35.4. The molecule has 2 fully saturated rings. The maximum atomic E-state index is 12.1. The summed E-state index contributed by atoms with van der Waals surface area (Å²) in [7, 11) is -11.0. The van der Waals surface area contributed by atoms with E-state index in [1.54, 1.807) is 0 Å². The van der Waals surface area contributed by atoms with Gasteiger partial charge < -0.3 is 24.1 Å². The summed E-state index contributed by atoms with van der Waals surface area (Å²) >= 11 is 0. The summed E-state index contributed by atoms with van der Waals surface area (Å²) in [4.78, 5) is 37.0. The van der Waals surface area contributed by atoms with Crippen LogP contribution in [-0.2, 0) is 18.2 Å². The number of rotatable bonds is 5. The molecule has 2 saturated carbocycles. The van der Waals surface area contributed by atoms with Crippen LogP contribution in [0.15, 0.2) is 0 Å². The van der Waals surface area contributed by atoms with Crippen molar-refractivity contribution in [1.82, 2.24) is 0 Å². The van der Waals surface area contributed by atoms with Crippen LogP contribution in [-0.4, -0.2) is 26.2 Å². The Balaban J connectivity index is 2.28. The van der Waals surface area contributed by atoms with E-state index in [2.05, 4.69) is 20.8 Å². The molecule has 0 aromatic rings. The molecule has 0 heterocycles. The van der Waals surface area contributed by atoms with Gasteiger partial charge in [0, 0.05) is 0 Å². The van der Waals surface area contributed by atoms with E-state index in [1.807, 2.05) is 13.8 Å². The van der Waals surface area contributed by atoms with Crippen LogP contribution in [0.1, 0.15) is 47.5 Å². The van der Waals surface area contributed by atoms with E-state index in [-0.39, 0.29) is 28.8 Å². The summed E-state index contributed by atoms with van der Waals surface area (Å²) in [5.41, 5.74) is -0.414. The van der Waals surface area contributed by atoms with E-state index in [0.717, 1.165) is 12.8 Å². The second kappa shape index (κ2) is 5.50. The summed E-state index contributed by atoms with van der Waals surface area (Å²) in [5.74, 6) is 0.182. The summed E-state index contributed by atoms with van der Waals surface area (Å²) < 4.78 is 39.7. The van der Waals surface area contributed by atoms with E-state index >= 15 is 0 Å².